The molecule has 0 aromatic heterocycles. The van der Waals surface area contributed by atoms with E-state index < -0.39 is 11.9 Å². The second-order valence-corrected chi connectivity index (χ2v) is 4.86. The first-order valence-electron chi connectivity index (χ1n) is 6.82. The molecule has 0 heterocycles. The summed E-state index contributed by atoms with van der Waals surface area (Å²) in [5.74, 6) is -3.78. The predicted octanol–water partition coefficient (Wildman–Crippen LogP) is 2.61. The smallest absolute Gasteiger partial charge is 0.414 e. The number of benzene rings is 2. The maximum Gasteiger partial charge on any atom is 0.414 e. The zero-order valence-electron chi connectivity index (χ0n) is 12.6. The van der Waals surface area contributed by atoms with Gasteiger partial charge in [-0.1, -0.05) is 48.5 Å². The number of carboxylic acid groups (broad SMARTS) is 2. The zero-order chi connectivity index (χ0) is 17.2. The number of rotatable bonds is 4. The summed E-state index contributed by atoms with van der Waals surface area (Å²) in [4.78, 5) is 20.3. The van der Waals surface area contributed by atoms with Gasteiger partial charge in [0.25, 0.3) is 0 Å². The van der Waals surface area contributed by atoms with Crippen LogP contribution in [0.1, 0.15) is 11.1 Å². The van der Waals surface area contributed by atoms with E-state index in [0.717, 1.165) is 12.1 Å². The molecule has 2 rings (SSSR count). The standard InChI is InChI=1S/C15H16FN.C2H2O4/c1-17(11-13-7-3-2-4-8-13)12-14-9-5-6-10-15(14)16;3-1(4)2(5)6/h2-10H,11-12H2,1H3;(H,3,4)(H,5,6). The van der Waals surface area contributed by atoms with Crippen molar-refractivity contribution < 1.29 is 24.2 Å². The SMILES string of the molecule is CN(Cc1ccccc1)Cc1ccccc1F.O=C(O)C(=O)O. The van der Waals surface area contributed by atoms with E-state index in [4.69, 9.17) is 19.8 Å². The zero-order valence-corrected chi connectivity index (χ0v) is 12.6. The Morgan fingerprint density at radius 3 is 1.96 bits per heavy atom. The quantitative estimate of drug-likeness (QED) is 0.847. The van der Waals surface area contributed by atoms with Gasteiger partial charge in [-0.15, -0.1) is 0 Å². The van der Waals surface area contributed by atoms with Crippen molar-refractivity contribution in [1.82, 2.24) is 4.90 Å². The van der Waals surface area contributed by atoms with Crippen molar-refractivity contribution in [1.29, 1.82) is 0 Å². The van der Waals surface area contributed by atoms with E-state index in [0.29, 0.717) is 6.54 Å². The largest absolute Gasteiger partial charge is 0.473 e. The molecule has 0 spiro atoms. The van der Waals surface area contributed by atoms with Crippen LogP contribution in [0, 0.1) is 5.82 Å². The number of nitrogens with zero attached hydrogens (tertiary/aromatic N) is 1. The maximum atomic E-state index is 13.5. The van der Waals surface area contributed by atoms with Gasteiger partial charge in [-0.25, -0.2) is 14.0 Å². The molecule has 0 amide bonds. The first-order chi connectivity index (χ1) is 10.9. The van der Waals surface area contributed by atoms with Crippen LogP contribution in [0.5, 0.6) is 0 Å². The molecule has 0 saturated carbocycles. The van der Waals surface area contributed by atoms with Gasteiger partial charge in [0.15, 0.2) is 0 Å². The molecule has 6 heteroatoms. The average molecular weight is 319 g/mol. The summed E-state index contributed by atoms with van der Waals surface area (Å²) in [6.07, 6.45) is 0. The third kappa shape index (κ3) is 7.19. The molecule has 0 radical (unpaired) electrons. The minimum atomic E-state index is -1.82. The van der Waals surface area contributed by atoms with E-state index in [2.05, 4.69) is 17.0 Å². The molecule has 0 aliphatic rings. The summed E-state index contributed by atoms with van der Waals surface area (Å²) in [7, 11) is 2.00. The van der Waals surface area contributed by atoms with Crippen LogP contribution in [0.4, 0.5) is 4.39 Å². The second kappa shape index (κ2) is 9.32. The van der Waals surface area contributed by atoms with Gasteiger partial charge >= 0.3 is 11.9 Å². The molecule has 0 bridgehead atoms. The Labute approximate surface area is 133 Å². The molecule has 0 aliphatic carbocycles. The van der Waals surface area contributed by atoms with Crippen molar-refractivity contribution in [3.05, 3.63) is 71.5 Å². The van der Waals surface area contributed by atoms with Crippen LogP contribution in [0.2, 0.25) is 0 Å². The van der Waals surface area contributed by atoms with Gasteiger partial charge < -0.3 is 10.2 Å². The Kier molecular flexibility index (Phi) is 7.42. The summed E-state index contributed by atoms with van der Waals surface area (Å²) in [6.45, 7) is 1.46. The summed E-state index contributed by atoms with van der Waals surface area (Å²) < 4.78 is 13.5. The van der Waals surface area contributed by atoms with Gasteiger partial charge in [0.1, 0.15) is 5.82 Å². The molecule has 0 saturated heterocycles. The van der Waals surface area contributed by atoms with Crippen LogP contribution in [0.15, 0.2) is 54.6 Å². The van der Waals surface area contributed by atoms with Gasteiger partial charge in [-0.3, -0.25) is 4.90 Å². The van der Waals surface area contributed by atoms with E-state index in [1.165, 1.54) is 11.6 Å². The topological polar surface area (TPSA) is 77.8 Å². The highest BCUT2D eigenvalue weighted by atomic mass is 19.1. The molecule has 2 aromatic carbocycles. The third-order valence-corrected chi connectivity index (χ3v) is 2.88. The number of carboxylic acids is 2. The van der Waals surface area contributed by atoms with Crippen molar-refractivity contribution in [3.63, 3.8) is 0 Å². The molecule has 0 fully saturated rings. The van der Waals surface area contributed by atoms with E-state index in [9.17, 15) is 4.39 Å². The van der Waals surface area contributed by atoms with Gasteiger partial charge in [0.05, 0.1) is 0 Å². The monoisotopic (exact) mass is 319 g/mol. The molecule has 2 aromatic rings. The molecule has 0 aliphatic heterocycles. The van der Waals surface area contributed by atoms with Gasteiger partial charge in [-0.05, 0) is 18.7 Å². The average Bonchev–Trinajstić information content (AvgIpc) is 2.51. The number of hydrogen-bond donors (Lipinski definition) is 2. The fourth-order valence-corrected chi connectivity index (χ4v) is 1.87. The van der Waals surface area contributed by atoms with E-state index in [1.807, 2.05) is 37.4 Å². The first kappa shape index (κ1) is 18.3. The molecule has 5 nitrogen and oxygen atoms in total. The molecule has 2 N–H and O–H groups in total. The highest BCUT2D eigenvalue weighted by Crippen LogP contribution is 2.11. The fourth-order valence-electron chi connectivity index (χ4n) is 1.87. The van der Waals surface area contributed by atoms with Crippen LogP contribution >= 0.6 is 0 Å². The lowest BCUT2D eigenvalue weighted by molar-refractivity contribution is -0.159. The number of aliphatic carboxylic acids is 2. The van der Waals surface area contributed by atoms with E-state index in [-0.39, 0.29) is 5.82 Å². The molecule has 0 unspecified atom stereocenters. The Morgan fingerprint density at radius 2 is 1.43 bits per heavy atom. The Hall–Kier alpha value is -2.73. The predicted molar refractivity (Wildman–Crippen MR) is 83.3 cm³/mol. The number of halogens is 1. The summed E-state index contributed by atoms with van der Waals surface area (Å²) in [6, 6.07) is 17.1. The van der Waals surface area contributed by atoms with Crippen LogP contribution in [0.3, 0.4) is 0 Å². The third-order valence-electron chi connectivity index (χ3n) is 2.88. The van der Waals surface area contributed by atoms with Crippen molar-refractivity contribution in [2.75, 3.05) is 7.05 Å². The lowest BCUT2D eigenvalue weighted by Gasteiger charge is -2.17. The minimum Gasteiger partial charge on any atom is -0.473 e. The van der Waals surface area contributed by atoms with Crippen molar-refractivity contribution >= 4 is 11.9 Å². The molecule has 23 heavy (non-hydrogen) atoms. The van der Waals surface area contributed by atoms with Crippen LogP contribution in [-0.2, 0) is 22.7 Å². The lowest BCUT2D eigenvalue weighted by Crippen LogP contribution is -2.17. The highest BCUT2D eigenvalue weighted by molar-refractivity contribution is 6.27. The minimum absolute atomic E-state index is 0.132. The normalized spacial score (nSPS) is 9.87. The Bertz CT molecular complexity index is 634. The number of hydrogen-bond acceptors (Lipinski definition) is 3. The van der Waals surface area contributed by atoms with Gasteiger partial charge in [0, 0.05) is 18.7 Å². The molecular formula is C17H18FNO4. The first-order valence-corrected chi connectivity index (χ1v) is 6.82. The Morgan fingerprint density at radius 1 is 0.913 bits per heavy atom. The highest BCUT2D eigenvalue weighted by Gasteiger charge is 2.05. The van der Waals surface area contributed by atoms with Crippen LogP contribution in [-0.4, -0.2) is 34.1 Å². The number of carbonyl (C=O) groups is 2. The summed E-state index contributed by atoms with van der Waals surface area (Å²) >= 11 is 0. The summed E-state index contributed by atoms with van der Waals surface area (Å²) in [5, 5.41) is 14.8. The molecular weight excluding hydrogens is 301 g/mol. The Balaban J connectivity index is 0.000000379. The van der Waals surface area contributed by atoms with Crippen molar-refractivity contribution in [3.8, 4) is 0 Å². The van der Waals surface area contributed by atoms with Gasteiger partial charge in [0.2, 0.25) is 0 Å². The molecule has 0 atom stereocenters. The molecule has 122 valence electrons. The van der Waals surface area contributed by atoms with Gasteiger partial charge in [-0.2, -0.15) is 0 Å². The van der Waals surface area contributed by atoms with Crippen LogP contribution < -0.4 is 0 Å². The lowest BCUT2D eigenvalue weighted by atomic mass is 10.2. The van der Waals surface area contributed by atoms with E-state index >= 15 is 0 Å². The summed E-state index contributed by atoms with van der Waals surface area (Å²) in [5.41, 5.74) is 1.98. The van der Waals surface area contributed by atoms with E-state index in [1.54, 1.807) is 6.07 Å². The fraction of sp³-hybridized carbons (Fsp3) is 0.176. The second-order valence-electron chi connectivity index (χ2n) is 4.86. The van der Waals surface area contributed by atoms with Crippen LogP contribution in [0.25, 0.3) is 0 Å². The van der Waals surface area contributed by atoms with Crippen molar-refractivity contribution in [2.45, 2.75) is 13.1 Å². The van der Waals surface area contributed by atoms with Crippen molar-refractivity contribution in [2.24, 2.45) is 0 Å². The maximum absolute atomic E-state index is 13.5.